The van der Waals surface area contributed by atoms with Crippen LogP contribution in [0.4, 0.5) is 4.39 Å². The monoisotopic (exact) mass is 316 g/mol. The van der Waals surface area contributed by atoms with Gasteiger partial charge in [0.1, 0.15) is 5.82 Å². The van der Waals surface area contributed by atoms with Crippen LogP contribution in [-0.4, -0.2) is 36.5 Å². The highest BCUT2D eigenvalue weighted by Crippen LogP contribution is 2.19. The van der Waals surface area contributed by atoms with Crippen molar-refractivity contribution in [2.45, 2.75) is 38.1 Å². The molecule has 1 amide bonds. The summed E-state index contributed by atoms with van der Waals surface area (Å²) < 4.78 is 13.7. The van der Waals surface area contributed by atoms with E-state index >= 15 is 0 Å². The van der Waals surface area contributed by atoms with Gasteiger partial charge in [0.05, 0.1) is 5.56 Å². The molecule has 23 heavy (non-hydrogen) atoms. The molecule has 0 radical (unpaired) electrons. The Labute approximate surface area is 137 Å². The fraction of sp³-hybridized carbons (Fsp3) is 0.526. The molecule has 1 aromatic carbocycles. The third-order valence-electron chi connectivity index (χ3n) is 4.96. The summed E-state index contributed by atoms with van der Waals surface area (Å²) in [6.45, 7) is 2.47. The molecule has 124 valence electrons. The number of nitrogens with zero attached hydrogens (tertiary/aromatic N) is 1. The second-order valence-corrected chi connectivity index (χ2v) is 6.61. The summed E-state index contributed by atoms with van der Waals surface area (Å²) in [7, 11) is 0. The van der Waals surface area contributed by atoms with E-state index in [1.807, 2.05) is 0 Å². The molecular formula is C19H25FN2O. The van der Waals surface area contributed by atoms with E-state index in [4.69, 9.17) is 0 Å². The van der Waals surface area contributed by atoms with Crippen molar-refractivity contribution in [3.8, 4) is 0 Å². The molecule has 0 spiro atoms. The van der Waals surface area contributed by atoms with Crippen LogP contribution in [0.5, 0.6) is 0 Å². The highest BCUT2D eigenvalue weighted by Gasteiger charge is 2.25. The number of allylic oxidation sites excluding steroid dienone is 2. The lowest BCUT2D eigenvalue weighted by Crippen LogP contribution is -2.46. The van der Waals surface area contributed by atoms with Gasteiger partial charge in [-0.3, -0.25) is 4.79 Å². The van der Waals surface area contributed by atoms with Crippen molar-refractivity contribution in [1.29, 1.82) is 0 Å². The third-order valence-corrected chi connectivity index (χ3v) is 4.96. The predicted molar refractivity (Wildman–Crippen MR) is 89.8 cm³/mol. The first-order chi connectivity index (χ1) is 11.2. The van der Waals surface area contributed by atoms with E-state index in [1.54, 1.807) is 23.1 Å². The van der Waals surface area contributed by atoms with Crippen molar-refractivity contribution in [3.63, 3.8) is 0 Å². The zero-order valence-corrected chi connectivity index (χ0v) is 13.5. The van der Waals surface area contributed by atoms with Gasteiger partial charge in [-0.15, -0.1) is 0 Å². The molecule has 1 heterocycles. The highest BCUT2D eigenvalue weighted by atomic mass is 19.1. The molecule has 0 unspecified atom stereocenters. The Morgan fingerprint density at radius 3 is 2.65 bits per heavy atom. The summed E-state index contributed by atoms with van der Waals surface area (Å²) in [4.78, 5) is 14.2. The van der Waals surface area contributed by atoms with Crippen molar-refractivity contribution in [3.05, 3.63) is 47.8 Å². The van der Waals surface area contributed by atoms with E-state index in [2.05, 4.69) is 17.5 Å². The molecule has 1 N–H and O–H groups in total. The third kappa shape index (κ3) is 4.20. The number of nitrogens with one attached hydrogen (secondary N) is 1. The van der Waals surface area contributed by atoms with E-state index in [9.17, 15) is 9.18 Å². The second kappa shape index (κ2) is 7.73. The molecule has 1 fully saturated rings. The molecule has 2 aliphatic rings. The lowest BCUT2D eigenvalue weighted by atomic mass is 9.93. The van der Waals surface area contributed by atoms with Crippen molar-refractivity contribution in [2.75, 3.05) is 19.6 Å². The molecule has 0 bridgehead atoms. The summed E-state index contributed by atoms with van der Waals surface area (Å²) in [5, 5.41) is 3.66. The quantitative estimate of drug-likeness (QED) is 0.864. The number of carbonyl (C=O) groups excluding carboxylic acids is 1. The minimum absolute atomic E-state index is 0.182. The SMILES string of the molecule is O=C(c1ccccc1F)N1CCC(NC[C@H]2CC=CCC2)CC1. The standard InChI is InChI=1S/C19H25FN2O/c20-18-9-5-4-8-17(18)19(23)22-12-10-16(11-13-22)21-14-15-6-2-1-3-7-15/h1-2,4-5,8-9,15-16,21H,3,6-7,10-14H2/t15-/m0/s1. The molecule has 0 saturated carbocycles. The molecule has 0 aromatic heterocycles. The van der Waals surface area contributed by atoms with E-state index < -0.39 is 5.82 Å². The van der Waals surface area contributed by atoms with E-state index in [0.717, 1.165) is 25.3 Å². The Bertz CT molecular complexity index is 564. The van der Waals surface area contributed by atoms with Gasteiger partial charge >= 0.3 is 0 Å². The molecule has 1 aliphatic heterocycles. The van der Waals surface area contributed by atoms with Crippen molar-refractivity contribution < 1.29 is 9.18 Å². The summed E-state index contributed by atoms with van der Waals surface area (Å²) in [6, 6.07) is 6.72. The van der Waals surface area contributed by atoms with Gasteiger partial charge in [-0.05, 0) is 56.7 Å². The van der Waals surface area contributed by atoms with Crippen LogP contribution in [0.15, 0.2) is 36.4 Å². The fourth-order valence-corrected chi connectivity index (χ4v) is 3.47. The van der Waals surface area contributed by atoms with Crippen molar-refractivity contribution >= 4 is 5.91 Å². The zero-order chi connectivity index (χ0) is 16.1. The normalized spacial score (nSPS) is 22.3. The molecule has 1 aromatic rings. The summed E-state index contributed by atoms with van der Waals surface area (Å²) in [5.41, 5.74) is 0.188. The minimum atomic E-state index is -0.428. The molecule has 4 heteroatoms. The van der Waals surface area contributed by atoms with Gasteiger partial charge in [0.25, 0.3) is 5.91 Å². The Balaban J connectivity index is 1.45. The van der Waals surface area contributed by atoms with Gasteiger partial charge in [0.15, 0.2) is 0 Å². The lowest BCUT2D eigenvalue weighted by molar-refractivity contribution is 0.0699. The number of carbonyl (C=O) groups is 1. The van der Waals surface area contributed by atoms with Crippen LogP contribution in [0.2, 0.25) is 0 Å². The minimum Gasteiger partial charge on any atom is -0.338 e. The van der Waals surface area contributed by atoms with Crippen molar-refractivity contribution in [1.82, 2.24) is 10.2 Å². The second-order valence-electron chi connectivity index (χ2n) is 6.61. The summed E-state index contributed by atoms with van der Waals surface area (Å²) in [5.74, 6) is 0.139. The molecule has 3 nitrogen and oxygen atoms in total. The first-order valence-corrected chi connectivity index (χ1v) is 8.66. The maximum atomic E-state index is 13.7. The van der Waals surface area contributed by atoms with E-state index in [0.29, 0.717) is 19.1 Å². The molecule has 1 saturated heterocycles. The smallest absolute Gasteiger partial charge is 0.256 e. The number of benzene rings is 1. The molecule has 3 rings (SSSR count). The Morgan fingerprint density at radius 2 is 1.96 bits per heavy atom. The largest absolute Gasteiger partial charge is 0.338 e. The lowest BCUT2D eigenvalue weighted by Gasteiger charge is -2.33. The number of halogens is 1. The maximum Gasteiger partial charge on any atom is 0.256 e. The van der Waals surface area contributed by atoms with Crippen LogP contribution in [-0.2, 0) is 0 Å². The van der Waals surface area contributed by atoms with Crippen LogP contribution in [0.25, 0.3) is 0 Å². The van der Waals surface area contributed by atoms with Crippen LogP contribution < -0.4 is 5.32 Å². The average Bonchev–Trinajstić information content (AvgIpc) is 2.61. The number of piperidine rings is 1. The number of hydrogen-bond acceptors (Lipinski definition) is 2. The van der Waals surface area contributed by atoms with Gasteiger partial charge < -0.3 is 10.2 Å². The Hall–Kier alpha value is -1.68. The van der Waals surface area contributed by atoms with Crippen LogP contribution in [0, 0.1) is 11.7 Å². The fourth-order valence-electron chi connectivity index (χ4n) is 3.47. The molecule has 1 atom stereocenters. The Morgan fingerprint density at radius 1 is 1.17 bits per heavy atom. The first-order valence-electron chi connectivity index (χ1n) is 8.66. The van der Waals surface area contributed by atoms with E-state index in [-0.39, 0.29) is 11.5 Å². The zero-order valence-electron chi connectivity index (χ0n) is 13.5. The van der Waals surface area contributed by atoms with Gasteiger partial charge in [-0.2, -0.15) is 0 Å². The number of hydrogen-bond donors (Lipinski definition) is 1. The van der Waals surface area contributed by atoms with Gasteiger partial charge in [0.2, 0.25) is 0 Å². The summed E-state index contributed by atoms with van der Waals surface area (Å²) >= 11 is 0. The predicted octanol–water partition coefficient (Wildman–Crippen LogP) is 3.38. The summed E-state index contributed by atoms with van der Waals surface area (Å²) in [6.07, 6.45) is 10.1. The topological polar surface area (TPSA) is 32.3 Å². The highest BCUT2D eigenvalue weighted by molar-refractivity contribution is 5.94. The maximum absolute atomic E-state index is 13.7. The number of rotatable bonds is 4. The molecule has 1 aliphatic carbocycles. The van der Waals surface area contributed by atoms with Crippen LogP contribution >= 0.6 is 0 Å². The van der Waals surface area contributed by atoms with Gasteiger partial charge in [-0.25, -0.2) is 4.39 Å². The number of likely N-dealkylation sites (tertiary alicyclic amines) is 1. The van der Waals surface area contributed by atoms with Gasteiger partial charge in [0, 0.05) is 19.1 Å². The van der Waals surface area contributed by atoms with Gasteiger partial charge in [-0.1, -0.05) is 24.3 Å². The van der Waals surface area contributed by atoms with Crippen LogP contribution in [0.3, 0.4) is 0 Å². The van der Waals surface area contributed by atoms with E-state index in [1.165, 1.54) is 25.3 Å². The van der Waals surface area contributed by atoms with Crippen LogP contribution in [0.1, 0.15) is 42.5 Å². The number of amides is 1. The molecular weight excluding hydrogens is 291 g/mol. The average molecular weight is 316 g/mol. The Kier molecular flexibility index (Phi) is 5.44. The first kappa shape index (κ1) is 16.2. The van der Waals surface area contributed by atoms with Crippen molar-refractivity contribution in [2.24, 2.45) is 5.92 Å².